The molecule has 1 fully saturated rings. The molecular formula is C19H21N3O5S. The normalized spacial score (nSPS) is 17.0. The van der Waals surface area contributed by atoms with E-state index in [9.17, 15) is 23.3 Å². The van der Waals surface area contributed by atoms with Crippen molar-refractivity contribution in [3.05, 3.63) is 63.7 Å². The van der Waals surface area contributed by atoms with Gasteiger partial charge in [0.1, 0.15) is 6.04 Å². The van der Waals surface area contributed by atoms with Gasteiger partial charge >= 0.3 is 0 Å². The van der Waals surface area contributed by atoms with Gasteiger partial charge < -0.3 is 10.2 Å². The Morgan fingerprint density at radius 1 is 1.21 bits per heavy atom. The molecule has 2 aromatic rings. The lowest BCUT2D eigenvalue weighted by molar-refractivity contribution is -0.385. The number of hydrogen-bond donors (Lipinski definition) is 1. The molecule has 1 aliphatic rings. The summed E-state index contributed by atoms with van der Waals surface area (Å²) in [6.45, 7) is 3.02. The fourth-order valence-corrected chi connectivity index (χ4v) is 4.04. The van der Waals surface area contributed by atoms with Gasteiger partial charge in [0, 0.05) is 31.5 Å². The first kappa shape index (κ1) is 19.8. The van der Waals surface area contributed by atoms with Crippen LogP contribution in [-0.4, -0.2) is 43.0 Å². The molecule has 1 N–H and O–H groups in total. The van der Waals surface area contributed by atoms with E-state index in [-0.39, 0.29) is 22.2 Å². The number of rotatable bonds is 6. The number of nitro groups is 1. The number of nitro benzene ring substituents is 1. The highest BCUT2D eigenvalue weighted by molar-refractivity contribution is 7.90. The molecule has 0 aliphatic carbocycles. The molecule has 0 saturated carbocycles. The van der Waals surface area contributed by atoms with Crippen molar-refractivity contribution in [2.45, 2.75) is 30.8 Å². The molecular weight excluding hydrogens is 382 g/mol. The van der Waals surface area contributed by atoms with Gasteiger partial charge in [0.25, 0.3) is 5.69 Å². The molecule has 3 rings (SSSR count). The first-order chi connectivity index (χ1) is 13.1. The number of hydrogen-bond acceptors (Lipinski definition) is 6. The lowest BCUT2D eigenvalue weighted by Gasteiger charge is -2.19. The van der Waals surface area contributed by atoms with E-state index in [1.165, 1.54) is 12.1 Å². The van der Waals surface area contributed by atoms with E-state index in [2.05, 4.69) is 5.32 Å². The number of benzene rings is 2. The SMILES string of the molecule is Cc1ccc(CN2CCC(Nc3ccc([N+](=O)[O-])cc3S(C)(=O)=O)C2=O)cc1. The van der Waals surface area contributed by atoms with Crippen molar-refractivity contribution in [2.24, 2.45) is 0 Å². The number of aryl methyl sites for hydroxylation is 1. The fourth-order valence-electron chi connectivity index (χ4n) is 3.18. The van der Waals surface area contributed by atoms with Crippen molar-refractivity contribution in [3.8, 4) is 0 Å². The van der Waals surface area contributed by atoms with Gasteiger partial charge in [-0.2, -0.15) is 0 Å². The van der Waals surface area contributed by atoms with Crippen molar-refractivity contribution >= 4 is 27.1 Å². The van der Waals surface area contributed by atoms with Gasteiger partial charge in [-0.1, -0.05) is 29.8 Å². The molecule has 0 bridgehead atoms. The quantitative estimate of drug-likeness (QED) is 0.586. The average Bonchev–Trinajstić information content (AvgIpc) is 2.96. The maximum Gasteiger partial charge on any atom is 0.270 e. The van der Waals surface area contributed by atoms with Gasteiger partial charge in [0.2, 0.25) is 5.91 Å². The summed E-state index contributed by atoms with van der Waals surface area (Å²) in [5, 5.41) is 13.9. The summed E-state index contributed by atoms with van der Waals surface area (Å²) in [5.41, 5.74) is 2.04. The van der Waals surface area contributed by atoms with Gasteiger partial charge in [0.05, 0.1) is 15.5 Å². The monoisotopic (exact) mass is 403 g/mol. The van der Waals surface area contributed by atoms with Crippen LogP contribution in [0.2, 0.25) is 0 Å². The molecule has 28 heavy (non-hydrogen) atoms. The summed E-state index contributed by atoms with van der Waals surface area (Å²) in [6.07, 6.45) is 1.50. The van der Waals surface area contributed by atoms with Crippen LogP contribution in [0.25, 0.3) is 0 Å². The topological polar surface area (TPSA) is 110 Å². The van der Waals surface area contributed by atoms with Crippen LogP contribution in [0.4, 0.5) is 11.4 Å². The third kappa shape index (κ3) is 4.30. The number of non-ortho nitro benzene ring substituents is 1. The van der Waals surface area contributed by atoms with Crippen molar-refractivity contribution in [1.29, 1.82) is 0 Å². The highest BCUT2D eigenvalue weighted by Gasteiger charge is 2.32. The Morgan fingerprint density at radius 3 is 2.50 bits per heavy atom. The van der Waals surface area contributed by atoms with Crippen LogP contribution in [0.5, 0.6) is 0 Å². The number of nitrogens with zero attached hydrogens (tertiary/aromatic N) is 2. The Balaban J connectivity index is 1.78. The molecule has 0 spiro atoms. The number of nitrogens with one attached hydrogen (secondary N) is 1. The third-order valence-electron chi connectivity index (χ3n) is 4.70. The van der Waals surface area contributed by atoms with Crippen LogP contribution >= 0.6 is 0 Å². The Morgan fingerprint density at radius 2 is 1.89 bits per heavy atom. The van der Waals surface area contributed by atoms with E-state index < -0.39 is 20.8 Å². The van der Waals surface area contributed by atoms with Crippen LogP contribution in [0.15, 0.2) is 47.4 Å². The number of anilines is 1. The van der Waals surface area contributed by atoms with E-state index >= 15 is 0 Å². The van der Waals surface area contributed by atoms with Gasteiger partial charge in [0.15, 0.2) is 9.84 Å². The second-order valence-electron chi connectivity index (χ2n) is 6.94. The lowest BCUT2D eigenvalue weighted by Crippen LogP contribution is -2.33. The predicted octanol–water partition coefficient (Wildman–Crippen LogP) is 2.52. The summed E-state index contributed by atoms with van der Waals surface area (Å²) < 4.78 is 24.1. The minimum Gasteiger partial charge on any atom is -0.373 e. The summed E-state index contributed by atoms with van der Waals surface area (Å²) in [4.78, 5) is 24.6. The Labute approximate surface area is 163 Å². The second kappa shape index (κ2) is 7.59. The largest absolute Gasteiger partial charge is 0.373 e. The van der Waals surface area contributed by atoms with Crippen LogP contribution < -0.4 is 5.32 Å². The van der Waals surface area contributed by atoms with Gasteiger partial charge in [-0.15, -0.1) is 0 Å². The summed E-state index contributed by atoms with van der Waals surface area (Å²) >= 11 is 0. The molecule has 1 saturated heterocycles. The third-order valence-corrected chi connectivity index (χ3v) is 5.83. The number of amides is 1. The van der Waals surface area contributed by atoms with E-state index in [0.29, 0.717) is 19.5 Å². The summed E-state index contributed by atoms with van der Waals surface area (Å²) in [6, 6.07) is 10.9. The Hall–Kier alpha value is -2.94. The molecule has 1 heterocycles. The first-order valence-electron chi connectivity index (χ1n) is 8.74. The zero-order valence-electron chi connectivity index (χ0n) is 15.6. The van der Waals surface area contributed by atoms with Crippen LogP contribution in [-0.2, 0) is 21.2 Å². The zero-order valence-corrected chi connectivity index (χ0v) is 16.4. The molecule has 1 aliphatic heterocycles. The average molecular weight is 403 g/mol. The minimum atomic E-state index is -3.71. The Kier molecular flexibility index (Phi) is 5.37. The zero-order chi connectivity index (χ0) is 20.5. The molecule has 1 unspecified atom stereocenters. The molecule has 2 aromatic carbocycles. The van der Waals surface area contributed by atoms with Gasteiger partial charge in [-0.25, -0.2) is 8.42 Å². The molecule has 8 nitrogen and oxygen atoms in total. The molecule has 1 amide bonds. The van der Waals surface area contributed by atoms with E-state index in [0.717, 1.165) is 23.4 Å². The number of carbonyl (C=O) groups is 1. The highest BCUT2D eigenvalue weighted by Crippen LogP contribution is 2.28. The van der Waals surface area contributed by atoms with Crippen LogP contribution in [0, 0.1) is 17.0 Å². The van der Waals surface area contributed by atoms with E-state index in [4.69, 9.17) is 0 Å². The predicted molar refractivity (Wildman–Crippen MR) is 105 cm³/mol. The first-order valence-corrected chi connectivity index (χ1v) is 10.6. The lowest BCUT2D eigenvalue weighted by atomic mass is 10.1. The number of likely N-dealkylation sites (tertiary alicyclic amines) is 1. The molecule has 9 heteroatoms. The minimum absolute atomic E-state index is 0.127. The van der Waals surface area contributed by atoms with Crippen LogP contribution in [0.3, 0.4) is 0 Å². The standard InChI is InChI=1S/C19H21N3O5S/c1-13-3-5-14(6-4-13)12-21-10-9-17(19(21)23)20-16-8-7-15(22(24)25)11-18(16)28(2,26)27/h3-8,11,17,20H,9-10,12H2,1-2H3. The number of sulfone groups is 1. The maximum atomic E-state index is 12.7. The van der Waals surface area contributed by atoms with Crippen molar-refractivity contribution in [2.75, 3.05) is 18.1 Å². The van der Waals surface area contributed by atoms with E-state index in [1.54, 1.807) is 4.90 Å². The summed E-state index contributed by atoms with van der Waals surface area (Å²) in [5.74, 6) is -0.127. The van der Waals surface area contributed by atoms with Crippen molar-refractivity contribution in [3.63, 3.8) is 0 Å². The van der Waals surface area contributed by atoms with Crippen molar-refractivity contribution in [1.82, 2.24) is 4.90 Å². The smallest absolute Gasteiger partial charge is 0.270 e. The highest BCUT2D eigenvalue weighted by atomic mass is 32.2. The molecule has 0 radical (unpaired) electrons. The molecule has 0 aromatic heterocycles. The Bertz CT molecular complexity index is 1020. The van der Waals surface area contributed by atoms with Crippen molar-refractivity contribution < 1.29 is 18.1 Å². The molecule has 148 valence electrons. The van der Waals surface area contributed by atoms with E-state index in [1.807, 2.05) is 31.2 Å². The van der Waals surface area contributed by atoms with Gasteiger partial charge in [-0.05, 0) is 25.0 Å². The fraction of sp³-hybridized carbons (Fsp3) is 0.316. The second-order valence-corrected chi connectivity index (χ2v) is 8.92. The van der Waals surface area contributed by atoms with Gasteiger partial charge in [-0.3, -0.25) is 14.9 Å². The summed E-state index contributed by atoms with van der Waals surface area (Å²) in [7, 11) is -3.71. The van der Waals surface area contributed by atoms with Crippen LogP contribution in [0.1, 0.15) is 17.5 Å². The molecule has 1 atom stereocenters. The maximum absolute atomic E-state index is 12.7. The number of carbonyl (C=O) groups excluding carboxylic acids is 1.